The van der Waals surface area contributed by atoms with E-state index >= 15 is 0 Å². The van der Waals surface area contributed by atoms with Crippen molar-refractivity contribution >= 4 is 11.6 Å². The van der Waals surface area contributed by atoms with E-state index < -0.39 is 0 Å². The van der Waals surface area contributed by atoms with Gasteiger partial charge in [0.05, 0.1) is 5.56 Å². The molecule has 3 aromatic rings. The van der Waals surface area contributed by atoms with Crippen LogP contribution in [0.15, 0.2) is 35.0 Å². The summed E-state index contributed by atoms with van der Waals surface area (Å²) in [6, 6.07) is 6.45. The summed E-state index contributed by atoms with van der Waals surface area (Å²) in [7, 11) is 1.80. The van der Waals surface area contributed by atoms with E-state index in [-0.39, 0.29) is 11.6 Å². The molecule has 0 saturated heterocycles. The summed E-state index contributed by atoms with van der Waals surface area (Å²) in [4.78, 5) is 4.20. The SMILES string of the molecule is Cn1ccc(-c2noc(-c3ccc(Cl)cc3O)n2)n1. The number of aromatic nitrogens is 4. The normalized spacial score (nSPS) is 10.8. The van der Waals surface area contributed by atoms with Crippen LogP contribution in [0.3, 0.4) is 0 Å². The number of phenols is 1. The van der Waals surface area contributed by atoms with Gasteiger partial charge in [-0.15, -0.1) is 0 Å². The number of hydrogen-bond acceptors (Lipinski definition) is 5. The minimum absolute atomic E-state index is 0.0104. The molecule has 0 atom stereocenters. The van der Waals surface area contributed by atoms with E-state index in [1.807, 2.05) is 0 Å². The van der Waals surface area contributed by atoms with Crippen LogP contribution in [0, 0.1) is 0 Å². The maximum atomic E-state index is 9.80. The molecule has 96 valence electrons. The molecule has 0 bridgehead atoms. The predicted octanol–water partition coefficient (Wildman–Crippen LogP) is 2.50. The van der Waals surface area contributed by atoms with Crippen molar-refractivity contribution in [2.45, 2.75) is 0 Å². The van der Waals surface area contributed by atoms with Gasteiger partial charge in [-0.05, 0) is 24.3 Å². The summed E-state index contributed by atoms with van der Waals surface area (Å²) in [6.45, 7) is 0. The molecule has 0 fully saturated rings. The highest BCUT2D eigenvalue weighted by atomic mass is 35.5. The van der Waals surface area contributed by atoms with Gasteiger partial charge in [-0.2, -0.15) is 10.1 Å². The third-order valence-corrected chi connectivity index (χ3v) is 2.79. The summed E-state index contributed by atoms with van der Waals surface area (Å²) in [6.07, 6.45) is 1.78. The van der Waals surface area contributed by atoms with Crippen molar-refractivity contribution in [2.24, 2.45) is 7.05 Å². The van der Waals surface area contributed by atoms with Crippen LogP contribution in [0.5, 0.6) is 5.75 Å². The van der Waals surface area contributed by atoms with Gasteiger partial charge in [0.1, 0.15) is 11.4 Å². The van der Waals surface area contributed by atoms with Gasteiger partial charge in [0, 0.05) is 18.3 Å². The highest BCUT2D eigenvalue weighted by Crippen LogP contribution is 2.31. The number of aryl methyl sites for hydroxylation is 1. The molecule has 3 rings (SSSR count). The lowest BCUT2D eigenvalue weighted by Crippen LogP contribution is -1.88. The van der Waals surface area contributed by atoms with Crippen molar-refractivity contribution in [1.82, 2.24) is 19.9 Å². The largest absolute Gasteiger partial charge is 0.507 e. The Bertz CT molecular complexity index is 735. The number of phenolic OH excluding ortho intramolecular Hbond substituents is 1. The molecule has 0 unspecified atom stereocenters. The molecular weight excluding hydrogens is 268 g/mol. The Kier molecular flexibility index (Phi) is 2.72. The lowest BCUT2D eigenvalue weighted by Gasteiger charge is -1.98. The van der Waals surface area contributed by atoms with Crippen molar-refractivity contribution < 1.29 is 9.63 Å². The Hall–Kier alpha value is -2.34. The Labute approximate surface area is 113 Å². The number of halogens is 1. The Morgan fingerprint density at radius 2 is 2.16 bits per heavy atom. The topological polar surface area (TPSA) is 77.0 Å². The lowest BCUT2D eigenvalue weighted by molar-refractivity contribution is 0.425. The quantitative estimate of drug-likeness (QED) is 0.778. The third-order valence-electron chi connectivity index (χ3n) is 2.56. The van der Waals surface area contributed by atoms with Gasteiger partial charge < -0.3 is 9.63 Å². The maximum Gasteiger partial charge on any atom is 0.262 e. The first-order valence-electron chi connectivity index (χ1n) is 5.46. The van der Waals surface area contributed by atoms with E-state index in [0.29, 0.717) is 22.1 Å². The van der Waals surface area contributed by atoms with E-state index in [1.54, 1.807) is 36.1 Å². The van der Waals surface area contributed by atoms with Crippen LogP contribution < -0.4 is 0 Å². The number of rotatable bonds is 2. The predicted molar refractivity (Wildman–Crippen MR) is 68.6 cm³/mol. The second-order valence-corrected chi connectivity index (χ2v) is 4.40. The number of aromatic hydroxyl groups is 1. The molecular formula is C12H9ClN4O2. The van der Waals surface area contributed by atoms with Crippen LogP contribution >= 0.6 is 11.6 Å². The molecule has 0 aliphatic carbocycles. The molecule has 2 aromatic heterocycles. The van der Waals surface area contributed by atoms with Gasteiger partial charge in [0.2, 0.25) is 5.82 Å². The summed E-state index contributed by atoms with van der Waals surface area (Å²) in [5.74, 6) is 0.573. The first-order valence-corrected chi connectivity index (χ1v) is 5.84. The zero-order chi connectivity index (χ0) is 13.4. The van der Waals surface area contributed by atoms with Gasteiger partial charge in [-0.3, -0.25) is 4.68 Å². The molecule has 0 aliphatic rings. The zero-order valence-electron chi connectivity index (χ0n) is 9.91. The summed E-state index contributed by atoms with van der Waals surface area (Å²) in [5, 5.41) is 18.2. The molecule has 0 amide bonds. The minimum atomic E-state index is -0.0104. The molecule has 6 nitrogen and oxygen atoms in total. The number of nitrogens with zero attached hydrogens (tertiary/aromatic N) is 4. The second-order valence-electron chi connectivity index (χ2n) is 3.96. The first-order chi connectivity index (χ1) is 9.13. The minimum Gasteiger partial charge on any atom is -0.507 e. The molecule has 0 aliphatic heterocycles. The summed E-state index contributed by atoms with van der Waals surface area (Å²) < 4.78 is 6.77. The van der Waals surface area contributed by atoms with Crippen molar-refractivity contribution in [3.05, 3.63) is 35.5 Å². The van der Waals surface area contributed by atoms with Crippen molar-refractivity contribution in [1.29, 1.82) is 0 Å². The van der Waals surface area contributed by atoms with Crippen LogP contribution in [0.1, 0.15) is 0 Å². The van der Waals surface area contributed by atoms with E-state index in [1.165, 1.54) is 6.07 Å². The fourth-order valence-electron chi connectivity index (χ4n) is 1.66. The summed E-state index contributed by atoms with van der Waals surface area (Å²) in [5.41, 5.74) is 1.03. The van der Waals surface area contributed by atoms with Crippen LogP contribution in [-0.2, 0) is 7.05 Å². The van der Waals surface area contributed by atoms with Crippen molar-refractivity contribution in [3.8, 4) is 28.7 Å². The molecule has 7 heteroatoms. The van der Waals surface area contributed by atoms with Gasteiger partial charge in [0.25, 0.3) is 5.89 Å². The average molecular weight is 277 g/mol. The average Bonchev–Trinajstić information content (AvgIpc) is 2.97. The van der Waals surface area contributed by atoms with E-state index in [4.69, 9.17) is 16.1 Å². The number of benzene rings is 1. The Morgan fingerprint density at radius 3 is 2.84 bits per heavy atom. The molecule has 0 radical (unpaired) electrons. The van der Waals surface area contributed by atoms with Crippen LogP contribution in [0.2, 0.25) is 5.02 Å². The Balaban J connectivity index is 2.01. The van der Waals surface area contributed by atoms with Gasteiger partial charge in [0.15, 0.2) is 0 Å². The van der Waals surface area contributed by atoms with E-state index in [0.717, 1.165) is 0 Å². The fraction of sp³-hybridized carbons (Fsp3) is 0.0833. The van der Waals surface area contributed by atoms with Crippen molar-refractivity contribution in [3.63, 3.8) is 0 Å². The zero-order valence-corrected chi connectivity index (χ0v) is 10.7. The first kappa shape index (κ1) is 11.7. The van der Waals surface area contributed by atoms with Crippen molar-refractivity contribution in [2.75, 3.05) is 0 Å². The molecule has 1 aromatic carbocycles. The molecule has 19 heavy (non-hydrogen) atoms. The van der Waals surface area contributed by atoms with Gasteiger partial charge in [-0.1, -0.05) is 16.8 Å². The molecule has 1 N–H and O–H groups in total. The third kappa shape index (κ3) is 2.17. The molecule has 0 saturated carbocycles. The molecule has 0 spiro atoms. The van der Waals surface area contributed by atoms with Crippen LogP contribution in [-0.4, -0.2) is 25.0 Å². The summed E-state index contributed by atoms with van der Waals surface area (Å²) >= 11 is 5.77. The highest BCUT2D eigenvalue weighted by Gasteiger charge is 2.15. The van der Waals surface area contributed by atoms with Crippen LogP contribution in [0.4, 0.5) is 0 Å². The maximum absolute atomic E-state index is 9.80. The van der Waals surface area contributed by atoms with E-state index in [2.05, 4.69) is 15.2 Å². The lowest BCUT2D eigenvalue weighted by atomic mass is 10.2. The Morgan fingerprint density at radius 1 is 1.32 bits per heavy atom. The standard InChI is InChI=1S/C12H9ClN4O2/c1-17-5-4-9(15-17)11-14-12(19-16-11)8-3-2-7(13)6-10(8)18/h2-6,18H,1H3. The highest BCUT2D eigenvalue weighted by molar-refractivity contribution is 6.30. The monoisotopic (exact) mass is 276 g/mol. The van der Waals surface area contributed by atoms with Gasteiger partial charge >= 0.3 is 0 Å². The van der Waals surface area contributed by atoms with Crippen LogP contribution in [0.25, 0.3) is 23.0 Å². The molecule has 2 heterocycles. The second kappa shape index (κ2) is 4.40. The van der Waals surface area contributed by atoms with E-state index in [9.17, 15) is 5.11 Å². The fourth-order valence-corrected chi connectivity index (χ4v) is 1.82. The smallest absolute Gasteiger partial charge is 0.262 e. The van der Waals surface area contributed by atoms with Gasteiger partial charge in [-0.25, -0.2) is 0 Å². The number of hydrogen-bond donors (Lipinski definition) is 1.